The van der Waals surface area contributed by atoms with E-state index in [2.05, 4.69) is 10.0 Å². The molecule has 2 N–H and O–H groups in total. The molecule has 114 valence electrons. The summed E-state index contributed by atoms with van der Waals surface area (Å²) in [4.78, 5) is 0.324. The summed E-state index contributed by atoms with van der Waals surface area (Å²) in [6, 6.07) is 7.21. The number of rotatable bonds is 5. The van der Waals surface area contributed by atoms with Crippen molar-refractivity contribution in [1.29, 1.82) is 0 Å². The van der Waals surface area contributed by atoms with Gasteiger partial charge in [0, 0.05) is 12.7 Å². The van der Waals surface area contributed by atoms with Crippen molar-refractivity contribution < 1.29 is 12.8 Å². The number of hydrogen-bond donors (Lipinski definition) is 2. The van der Waals surface area contributed by atoms with E-state index < -0.39 is 10.0 Å². The molecule has 0 saturated carbocycles. The largest absolute Gasteiger partial charge is 0.465 e. The van der Waals surface area contributed by atoms with Crippen LogP contribution in [0.4, 0.5) is 5.69 Å². The molecular formula is C15H20N2O3S. The van der Waals surface area contributed by atoms with Crippen LogP contribution in [0.3, 0.4) is 0 Å². The van der Waals surface area contributed by atoms with E-state index in [1.54, 1.807) is 27.0 Å². The van der Waals surface area contributed by atoms with Crippen LogP contribution in [-0.2, 0) is 16.6 Å². The van der Waals surface area contributed by atoms with Gasteiger partial charge in [-0.15, -0.1) is 0 Å². The van der Waals surface area contributed by atoms with Gasteiger partial charge in [-0.25, -0.2) is 13.1 Å². The van der Waals surface area contributed by atoms with Gasteiger partial charge in [0.05, 0.1) is 11.4 Å². The van der Waals surface area contributed by atoms with E-state index in [9.17, 15) is 8.42 Å². The molecule has 0 amide bonds. The quantitative estimate of drug-likeness (QED) is 0.891. The molecule has 0 saturated heterocycles. The molecule has 1 aromatic heterocycles. The maximum absolute atomic E-state index is 12.5. The lowest BCUT2D eigenvalue weighted by Gasteiger charge is -2.13. The van der Waals surface area contributed by atoms with Crippen LogP contribution in [0.1, 0.15) is 22.6 Å². The van der Waals surface area contributed by atoms with Crippen LogP contribution in [0.25, 0.3) is 0 Å². The second-order valence-electron chi connectivity index (χ2n) is 5.03. The Morgan fingerprint density at radius 1 is 1.10 bits per heavy atom. The van der Waals surface area contributed by atoms with Gasteiger partial charge in [-0.05, 0) is 56.2 Å². The van der Waals surface area contributed by atoms with Gasteiger partial charge in [0.15, 0.2) is 0 Å². The Morgan fingerprint density at radius 2 is 1.71 bits per heavy atom. The number of hydrogen-bond acceptors (Lipinski definition) is 4. The maximum atomic E-state index is 12.5. The van der Waals surface area contributed by atoms with Crippen molar-refractivity contribution >= 4 is 15.7 Å². The van der Waals surface area contributed by atoms with Crippen molar-refractivity contribution in [3.8, 4) is 0 Å². The molecule has 0 atom stereocenters. The minimum absolute atomic E-state index is 0.142. The highest BCUT2D eigenvalue weighted by atomic mass is 32.2. The smallest absolute Gasteiger partial charge is 0.241 e. The summed E-state index contributed by atoms with van der Waals surface area (Å²) in [5, 5.41) is 3.02. The maximum Gasteiger partial charge on any atom is 0.241 e. The first-order chi connectivity index (χ1) is 9.83. The minimum Gasteiger partial charge on any atom is -0.465 e. The van der Waals surface area contributed by atoms with E-state index in [0.717, 1.165) is 11.4 Å². The van der Waals surface area contributed by atoms with E-state index in [0.29, 0.717) is 21.8 Å². The predicted molar refractivity (Wildman–Crippen MR) is 82.9 cm³/mol. The van der Waals surface area contributed by atoms with Crippen LogP contribution >= 0.6 is 0 Å². The first-order valence-corrected chi connectivity index (χ1v) is 8.16. The molecule has 0 aliphatic heterocycles. The average molecular weight is 308 g/mol. The third kappa shape index (κ3) is 3.46. The fraction of sp³-hybridized carbons (Fsp3) is 0.333. The van der Waals surface area contributed by atoms with Crippen LogP contribution in [0.5, 0.6) is 0 Å². The topological polar surface area (TPSA) is 71.3 Å². The molecule has 0 aliphatic carbocycles. The van der Waals surface area contributed by atoms with Crippen molar-refractivity contribution in [3.05, 3.63) is 46.9 Å². The molecule has 2 aromatic rings. The molecular weight excluding hydrogens is 288 g/mol. The molecule has 6 heteroatoms. The van der Waals surface area contributed by atoms with Crippen LogP contribution in [0, 0.1) is 20.8 Å². The second kappa shape index (κ2) is 5.91. The van der Waals surface area contributed by atoms with Crippen LogP contribution in [0.2, 0.25) is 0 Å². The van der Waals surface area contributed by atoms with Crippen LogP contribution in [0.15, 0.2) is 33.6 Å². The number of anilines is 1. The first-order valence-electron chi connectivity index (χ1n) is 6.67. The normalized spacial score (nSPS) is 11.6. The summed E-state index contributed by atoms with van der Waals surface area (Å²) >= 11 is 0. The molecule has 0 spiro atoms. The summed E-state index contributed by atoms with van der Waals surface area (Å²) in [5.41, 5.74) is 2.32. The Balaban J connectivity index is 2.27. The standard InChI is InChI=1S/C15H20N2O3S/c1-10-7-13(16-4)8-11(2)15(10)21(18,19)17-9-14-6-5-12(3)20-14/h5-8,16-17H,9H2,1-4H3. The monoisotopic (exact) mass is 308 g/mol. The van der Waals surface area contributed by atoms with Crippen molar-refractivity contribution in [2.24, 2.45) is 0 Å². The summed E-state index contributed by atoms with van der Waals surface area (Å²) in [5.74, 6) is 1.35. The van der Waals surface area contributed by atoms with Crippen LogP contribution < -0.4 is 10.0 Å². The lowest BCUT2D eigenvalue weighted by Crippen LogP contribution is -2.24. The predicted octanol–water partition coefficient (Wildman–Crippen LogP) is 2.73. The van der Waals surface area contributed by atoms with E-state index in [1.807, 2.05) is 25.1 Å². The summed E-state index contributed by atoms with van der Waals surface area (Å²) in [7, 11) is -1.77. The van der Waals surface area contributed by atoms with Gasteiger partial charge >= 0.3 is 0 Å². The van der Waals surface area contributed by atoms with Gasteiger partial charge in [-0.3, -0.25) is 0 Å². The van der Waals surface area contributed by atoms with Crippen molar-refractivity contribution in [2.45, 2.75) is 32.2 Å². The number of furan rings is 1. The van der Waals surface area contributed by atoms with Crippen molar-refractivity contribution in [2.75, 3.05) is 12.4 Å². The Kier molecular flexibility index (Phi) is 4.39. The van der Waals surface area contributed by atoms with Gasteiger partial charge in [0.1, 0.15) is 11.5 Å². The fourth-order valence-electron chi connectivity index (χ4n) is 2.34. The van der Waals surface area contributed by atoms with Crippen molar-refractivity contribution in [1.82, 2.24) is 4.72 Å². The van der Waals surface area contributed by atoms with Crippen LogP contribution in [-0.4, -0.2) is 15.5 Å². The Bertz CT molecular complexity index is 725. The molecule has 1 heterocycles. The molecule has 21 heavy (non-hydrogen) atoms. The third-order valence-corrected chi connectivity index (χ3v) is 4.96. The highest BCUT2D eigenvalue weighted by Crippen LogP contribution is 2.24. The minimum atomic E-state index is -3.57. The molecule has 5 nitrogen and oxygen atoms in total. The summed E-state index contributed by atoms with van der Waals surface area (Å²) in [6.07, 6.45) is 0. The number of sulfonamides is 1. The fourth-order valence-corrected chi connectivity index (χ4v) is 3.78. The molecule has 1 aromatic carbocycles. The first kappa shape index (κ1) is 15.6. The molecule has 0 radical (unpaired) electrons. The van der Waals surface area contributed by atoms with E-state index in [-0.39, 0.29) is 6.54 Å². The second-order valence-corrected chi connectivity index (χ2v) is 6.73. The number of aryl methyl sites for hydroxylation is 3. The summed E-state index contributed by atoms with van der Waals surface area (Å²) < 4.78 is 32.9. The Morgan fingerprint density at radius 3 is 2.19 bits per heavy atom. The zero-order chi connectivity index (χ0) is 15.6. The zero-order valence-corrected chi connectivity index (χ0v) is 13.5. The van der Waals surface area contributed by atoms with Gasteiger partial charge in [-0.1, -0.05) is 0 Å². The third-order valence-electron chi connectivity index (χ3n) is 3.25. The van der Waals surface area contributed by atoms with Gasteiger partial charge in [-0.2, -0.15) is 0 Å². The molecule has 0 fully saturated rings. The highest BCUT2D eigenvalue weighted by Gasteiger charge is 2.20. The number of nitrogens with one attached hydrogen (secondary N) is 2. The zero-order valence-electron chi connectivity index (χ0n) is 12.6. The lowest BCUT2D eigenvalue weighted by molar-refractivity contribution is 0.475. The van der Waals surface area contributed by atoms with E-state index in [1.165, 1.54) is 0 Å². The number of benzene rings is 1. The highest BCUT2D eigenvalue weighted by molar-refractivity contribution is 7.89. The molecule has 0 aliphatic rings. The lowest BCUT2D eigenvalue weighted by atomic mass is 10.1. The Hall–Kier alpha value is -1.79. The molecule has 2 rings (SSSR count). The van der Waals surface area contributed by atoms with E-state index >= 15 is 0 Å². The van der Waals surface area contributed by atoms with Gasteiger partial charge < -0.3 is 9.73 Å². The molecule has 0 bridgehead atoms. The molecule has 0 unspecified atom stereocenters. The average Bonchev–Trinajstić information content (AvgIpc) is 2.81. The Labute approximate surface area is 125 Å². The van der Waals surface area contributed by atoms with Gasteiger partial charge in [0.2, 0.25) is 10.0 Å². The van der Waals surface area contributed by atoms with Crippen molar-refractivity contribution in [3.63, 3.8) is 0 Å². The van der Waals surface area contributed by atoms with Gasteiger partial charge in [0.25, 0.3) is 0 Å². The summed E-state index contributed by atoms with van der Waals surface area (Å²) in [6.45, 7) is 5.55. The van der Waals surface area contributed by atoms with E-state index in [4.69, 9.17) is 4.42 Å². The SMILES string of the molecule is CNc1cc(C)c(S(=O)(=O)NCc2ccc(C)o2)c(C)c1.